The first-order valence-corrected chi connectivity index (χ1v) is 8.90. The smallest absolute Gasteiger partial charge is 0.290 e. The summed E-state index contributed by atoms with van der Waals surface area (Å²) in [6.45, 7) is 0.687. The van der Waals surface area contributed by atoms with Crippen LogP contribution in [0.25, 0.3) is 0 Å². The Morgan fingerprint density at radius 2 is 1.89 bits per heavy atom. The van der Waals surface area contributed by atoms with Gasteiger partial charge in [0.15, 0.2) is 5.76 Å². The Morgan fingerprint density at radius 1 is 1.11 bits per heavy atom. The van der Waals surface area contributed by atoms with Crippen molar-refractivity contribution < 1.29 is 13.6 Å². The average Bonchev–Trinajstić information content (AvgIpc) is 3.41. The first kappa shape index (κ1) is 17.3. The van der Waals surface area contributed by atoms with Gasteiger partial charge in [0.05, 0.1) is 6.54 Å². The van der Waals surface area contributed by atoms with Gasteiger partial charge in [0, 0.05) is 24.8 Å². The van der Waals surface area contributed by atoms with Crippen LogP contribution in [0.1, 0.15) is 34.7 Å². The van der Waals surface area contributed by atoms with Crippen LogP contribution in [-0.4, -0.2) is 21.4 Å². The van der Waals surface area contributed by atoms with Gasteiger partial charge in [-0.2, -0.15) is 0 Å². The molecule has 138 valence electrons. The minimum Gasteiger partial charge on any atom is -0.454 e. The van der Waals surface area contributed by atoms with Crippen LogP contribution in [0.15, 0.2) is 70.0 Å². The molecule has 0 spiro atoms. The van der Waals surface area contributed by atoms with E-state index in [4.69, 9.17) is 4.42 Å². The van der Waals surface area contributed by atoms with Gasteiger partial charge < -0.3 is 13.9 Å². The van der Waals surface area contributed by atoms with Crippen LogP contribution in [0.3, 0.4) is 0 Å². The Hall–Kier alpha value is -3.15. The molecule has 1 fully saturated rings. The number of hydrogen-bond donors (Lipinski definition) is 0. The van der Waals surface area contributed by atoms with E-state index in [1.807, 2.05) is 0 Å². The van der Waals surface area contributed by atoms with E-state index in [1.54, 1.807) is 47.5 Å². The lowest BCUT2D eigenvalue weighted by atomic mass is 10.2. The molecule has 1 saturated carbocycles. The summed E-state index contributed by atoms with van der Waals surface area (Å²) in [7, 11) is 0. The summed E-state index contributed by atoms with van der Waals surface area (Å²) in [5.74, 6) is 0.315. The maximum absolute atomic E-state index is 13.1. The summed E-state index contributed by atoms with van der Waals surface area (Å²) in [6.07, 6.45) is 3.59. The Labute approximate surface area is 155 Å². The fraction of sp³-hybridized carbons (Fsp3) is 0.238. The highest BCUT2D eigenvalue weighted by molar-refractivity contribution is 5.92. The van der Waals surface area contributed by atoms with Crippen molar-refractivity contribution in [2.75, 3.05) is 0 Å². The quantitative estimate of drug-likeness (QED) is 0.672. The number of rotatable bonds is 6. The molecule has 3 aromatic rings. The van der Waals surface area contributed by atoms with Crippen molar-refractivity contribution in [3.63, 3.8) is 0 Å². The van der Waals surface area contributed by atoms with Gasteiger partial charge in [-0.25, -0.2) is 4.39 Å². The topological polar surface area (TPSA) is 55.5 Å². The molecule has 4 rings (SSSR count). The highest BCUT2D eigenvalue weighted by atomic mass is 19.1. The molecule has 0 atom stereocenters. The number of halogens is 1. The molecule has 0 bridgehead atoms. The fourth-order valence-electron chi connectivity index (χ4n) is 3.02. The second-order valence-electron chi connectivity index (χ2n) is 6.72. The Bertz CT molecular complexity index is 1000. The minimum absolute atomic E-state index is 0.127. The van der Waals surface area contributed by atoms with Crippen LogP contribution in [0, 0.1) is 5.82 Å². The highest BCUT2D eigenvalue weighted by Crippen LogP contribution is 2.30. The van der Waals surface area contributed by atoms with Crippen LogP contribution in [0.5, 0.6) is 0 Å². The third-order valence-electron chi connectivity index (χ3n) is 4.61. The SMILES string of the molecule is O=C(c1ccc(Cn2ccccc2=O)o1)N(Cc1ccc(F)cc1)C1CC1. The maximum Gasteiger partial charge on any atom is 0.290 e. The molecule has 1 aliphatic carbocycles. The van der Waals surface area contributed by atoms with Crippen molar-refractivity contribution >= 4 is 5.91 Å². The third kappa shape index (κ3) is 4.00. The zero-order valence-electron chi connectivity index (χ0n) is 14.7. The van der Waals surface area contributed by atoms with Crippen molar-refractivity contribution in [1.82, 2.24) is 9.47 Å². The summed E-state index contributed by atoms with van der Waals surface area (Å²) in [5.41, 5.74) is 0.747. The standard InChI is InChI=1S/C21H19FN2O3/c22-16-6-4-15(5-7-16)13-24(17-8-9-17)21(26)19-11-10-18(27-19)14-23-12-2-1-3-20(23)25/h1-7,10-12,17H,8-9,13-14H2. The van der Waals surface area contributed by atoms with Gasteiger partial charge in [0.25, 0.3) is 11.5 Å². The lowest BCUT2D eigenvalue weighted by molar-refractivity contribution is 0.0695. The van der Waals surface area contributed by atoms with Crippen LogP contribution >= 0.6 is 0 Å². The molecule has 6 heteroatoms. The number of hydrogen-bond acceptors (Lipinski definition) is 3. The molecule has 27 heavy (non-hydrogen) atoms. The highest BCUT2D eigenvalue weighted by Gasteiger charge is 2.34. The first-order valence-electron chi connectivity index (χ1n) is 8.90. The number of carbonyl (C=O) groups is 1. The van der Waals surface area contributed by atoms with E-state index in [1.165, 1.54) is 22.8 Å². The van der Waals surface area contributed by atoms with Gasteiger partial charge in [-0.1, -0.05) is 18.2 Å². The normalized spacial score (nSPS) is 13.5. The van der Waals surface area contributed by atoms with Crippen LogP contribution in [0.4, 0.5) is 4.39 Å². The number of nitrogens with zero attached hydrogens (tertiary/aromatic N) is 2. The number of furan rings is 1. The van der Waals surface area contributed by atoms with Gasteiger partial charge in [0.2, 0.25) is 0 Å². The second-order valence-corrected chi connectivity index (χ2v) is 6.72. The summed E-state index contributed by atoms with van der Waals surface area (Å²) >= 11 is 0. The molecule has 0 unspecified atom stereocenters. The molecule has 0 saturated heterocycles. The summed E-state index contributed by atoms with van der Waals surface area (Å²) in [5, 5.41) is 0. The summed E-state index contributed by atoms with van der Waals surface area (Å²) in [6, 6.07) is 14.6. The maximum atomic E-state index is 13.1. The lowest BCUT2D eigenvalue weighted by Gasteiger charge is -2.21. The van der Waals surface area contributed by atoms with E-state index in [0.29, 0.717) is 12.3 Å². The first-order chi connectivity index (χ1) is 13.1. The zero-order valence-corrected chi connectivity index (χ0v) is 14.7. The number of benzene rings is 1. The molecule has 0 radical (unpaired) electrons. The van der Waals surface area contributed by atoms with Crippen LogP contribution in [-0.2, 0) is 13.1 Å². The van der Waals surface area contributed by atoms with Gasteiger partial charge in [-0.15, -0.1) is 0 Å². The third-order valence-corrected chi connectivity index (χ3v) is 4.61. The van der Waals surface area contributed by atoms with Crippen LogP contribution < -0.4 is 5.56 Å². The van der Waals surface area contributed by atoms with Gasteiger partial charge in [-0.3, -0.25) is 9.59 Å². The van der Waals surface area contributed by atoms with Crippen molar-refractivity contribution in [1.29, 1.82) is 0 Å². The zero-order chi connectivity index (χ0) is 18.8. The van der Waals surface area contributed by atoms with E-state index in [9.17, 15) is 14.0 Å². The largest absolute Gasteiger partial charge is 0.454 e. The van der Waals surface area contributed by atoms with E-state index < -0.39 is 0 Å². The van der Waals surface area contributed by atoms with E-state index in [0.717, 1.165) is 18.4 Å². The Balaban J connectivity index is 1.50. The van der Waals surface area contributed by atoms with Crippen LogP contribution in [0.2, 0.25) is 0 Å². The fourth-order valence-corrected chi connectivity index (χ4v) is 3.02. The molecule has 0 aliphatic heterocycles. The second kappa shape index (κ2) is 7.23. The molecule has 1 aromatic carbocycles. The molecule has 2 heterocycles. The van der Waals surface area contributed by atoms with Gasteiger partial charge in [-0.05, 0) is 48.7 Å². The molecule has 2 aromatic heterocycles. The van der Waals surface area contributed by atoms with E-state index >= 15 is 0 Å². The molecule has 0 N–H and O–H groups in total. The predicted molar refractivity (Wildman–Crippen MR) is 97.8 cm³/mol. The lowest BCUT2D eigenvalue weighted by Crippen LogP contribution is -2.32. The molecular weight excluding hydrogens is 347 g/mol. The number of pyridine rings is 1. The molecule has 5 nitrogen and oxygen atoms in total. The van der Waals surface area contributed by atoms with Crippen molar-refractivity contribution in [3.05, 3.63) is 94.0 Å². The van der Waals surface area contributed by atoms with E-state index in [-0.39, 0.29) is 35.6 Å². The number of carbonyl (C=O) groups excluding carboxylic acids is 1. The van der Waals surface area contributed by atoms with E-state index in [2.05, 4.69) is 0 Å². The Kier molecular flexibility index (Phi) is 4.62. The predicted octanol–water partition coefficient (Wildman–Crippen LogP) is 3.43. The number of amides is 1. The van der Waals surface area contributed by atoms with Crippen molar-refractivity contribution in [2.24, 2.45) is 0 Å². The van der Waals surface area contributed by atoms with Crippen molar-refractivity contribution in [2.45, 2.75) is 32.0 Å². The minimum atomic E-state index is -0.296. The Morgan fingerprint density at radius 3 is 2.59 bits per heavy atom. The molecule has 1 aliphatic rings. The summed E-state index contributed by atoms with van der Waals surface area (Å²) < 4.78 is 20.3. The van der Waals surface area contributed by atoms with Gasteiger partial charge in [0.1, 0.15) is 11.6 Å². The van der Waals surface area contributed by atoms with Gasteiger partial charge >= 0.3 is 0 Å². The van der Waals surface area contributed by atoms with Crippen molar-refractivity contribution in [3.8, 4) is 0 Å². The molecule has 1 amide bonds. The monoisotopic (exact) mass is 366 g/mol. The molecular formula is C21H19FN2O3. The number of aromatic nitrogens is 1. The average molecular weight is 366 g/mol. The summed E-state index contributed by atoms with van der Waals surface area (Å²) in [4.78, 5) is 26.5.